The molecule has 1 aliphatic heterocycles. The van der Waals surface area contributed by atoms with E-state index < -0.39 is 0 Å². The van der Waals surface area contributed by atoms with Gasteiger partial charge in [-0.2, -0.15) is 0 Å². The van der Waals surface area contributed by atoms with Crippen molar-refractivity contribution in [1.82, 2.24) is 10.3 Å². The van der Waals surface area contributed by atoms with Gasteiger partial charge in [0.05, 0.1) is 12.6 Å². The lowest BCUT2D eigenvalue weighted by atomic mass is 10.1. The van der Waals surface area contributed by atoms with Gasteiger partial charge in [0.2, 0.25) is 0 Å². The van der Waals surface area contributed by atoms with Crippen molar-refractivity contribution in [1.29, 1.82) is 0 Å². The maximum atomic E-state index is 5.51. The van der Waals surface area contributed by atoms with Crippen molar-refractivity contribution in [2.45, 2.75) is 39.8 Å². The summed E-state index contributed by atoms with van der Waals surface area (Å²) in [5.74, 6) is 0.665. The molecule has 0 saturated carbocycles. The highest BCUT2D eigenvalue weighted by atomic mass is 16.5. The number of nitrogens with zero attached hydrogens (tertiary/aromatic N) is 2. The second-order valence-electron chi connectivity index (χ2n) is 6.11. The van der Waals surface area contributed by atoms with Crippen molar-refractivity contribution >= 4 is 5.69 Å². The van der Waals surface area contributed by atoms with E-state index in [9.17, 15) is 0 Å². The van der Waals surface area contributed by atoms with E-state index in [-0.39, 0.29) is 0 Å². The van der Waals surface area contributed by atoms with Gasteiger partial charge >= 0.3 is 0 Å². The fourth-order valence-electron chi connectivity index (χ4n) is 2.56. The number of nitrogens with one attached hydrogen (secondary N) is 1. The second kappa shape index (κ2) is 7.04. The summed E-state index contributed by atoms with van der Waals surface area (Å²) in [5.41, 5.74) is 3.62. The maximum Gasteiger partial charge on any atom is 0.0670 e. The summed E-state index contributed by atoms with van der Waals surface area (Å²) in [6.45, 7) is 10.1. The van der Waals surface area contributed by atoms with Gasteiger partial charge < -0.3 is 15.0 Å². The second-order valence-corrected chi connectivity index (χ2v) is 6.11. The van der Waals surface area contributed by atoms with E-state index in [0.29, 0.717) is 12.0 Å². The van der Waals surface area contributed by atoms with Crippen LogP contribution in [-0.4, -0.2) is 37.8 Å². The molecule has 0 aromatic carbocycles. The van der Waals surface area contributed by atoms with Gasteiger partial charge in [0.15, 0.2) is 0 Å². The Hall–Kier alpha value is -1.13. The summed E-state index contributed by atoms with van der Waals surface area (Å²) >= 11 is 0. The molecule has 2 heterocycles. The number of aromatic nitrogens is 1. The van der Waals surface area contributed by atoms with Gasteiger partial charge in [-0.3, -0.25) is 4.98 Å². The van der Waals surface area contributed by atoms with Gasteiger partial charge in [-0.15, -0.1) is 0 Å². The first-order valence-electron chi connectivity index (χ1n) is 7.54. The lowest BCUT2D eigenvalue weighted by molar-refractivity contribution is 0.193. The molecule has 0 spiro atoms. The summed E-state index contributed by atoms with van der Waals surface area (Å²) in [6, 6.07) is 2.67. The molecule has 2 rings (SSSR count). The maximum absolute atomic E-state index is 5.51. The monoisotopic (exact) mass is 277 g/mol. The molecular weight excluding hydrogens is 250 g/mol. The van der Waals surface area contributed by atoms with E-state index in [1.54, 1.807) is 0 Å². The molecule has 1 aromatic rings. The number of rotatable bonds is 6. The van der Waals surface area contributed by atoms with E-state index in [1.165, 1.54) is 11.3 Å². The number of ether oxygens (including phenoxy) is 1. The lowest BCUT2D eigenvalue weighted by Crippen LogP contribution is -2.33. The van der Waals surface area contributed by atoms with Crippen LogP contribution in [0.1, 0.15) is 31.5 Å². The van der Waals surface area contributed by atoms with Gasteiger partial charge in [-0.1, -0.05) is 13.8 Å². The Labute approximate surface area is 122 Å². The first-order valence-corrected chi connectivity index (χ1v) is 7.54. The van der Waals surface area contributed by atoms with Crippen LogP contribution in [0.25, 0.3) is 0 Å². The first-order chi connectivity index (χ1) is 9.58. The molecule has 0 aliphatic carbocycles. The van der Waals surface area contributed by atoms with Crippen LogP contribution in [-0.2, 0) is 11.3 Å². The van der Waals surface area contributed by atoms with Gasteiger partial charge in [-0.25, -0.2) is 0 Å². The molecule has 4 heteroatoms. The zero-order valence-corrected chi connectivity index (χ0v) is 13.1. The Morgan fingerprint density at radius 2 is 2.30 bits per heavy atom. The molecule has 0 amide bonds. The van der Waals surface area contributed by atoms with E-state index in [1.807, 2.05) is 13.1 Å². The average molecular weight is 277 g/mol. The molecule has 112 valence electrons. The summed E-state index contributed by atoms with van der Waals surface area (Å²) < 4.78 is 5.51. The smallest absolute Gasteiger partial charge is 0.0670 e. The molecule has 0 bridgehead atoms. The molecule has 1 aromatic heterocycles. The molecule has 1 unspecified atom stereocenters. The minimum absolute atomic E-state index is 0.487. The van der Waals surface area contributed by atoms with Crippen LogP contribution >= 0.6 is 0 Å². The summed E-state index contributed by atoms with van der Waals surface area (Å²) in [7, 11) is 2.17. The first kappa shape index (κ1) is 15.3. The normalized spacial score (nSPS) is 18.8. The quantitative estimate of drug-likeness (QED) is 0.866. The lowest BCUT2D eigenvalue weighted by Gasteiger charge is -2.28. The molecule has 4 nitrogen and oxygen atoms in total. The fourth-order valence-corrected chi connectivity index (χ4v) is 2.56. The summed E-state index contributed by atoms with van der Waals surface area (Å²) in [6.07, 6.45) is 3.11. The third-order valence-corrected chi connectivity index (χ3v) is 3.80. The Bertz CT molecular complexity index is 428. The largest absolute Gasteiger partial charge is 0.379 e. The molecule has 1 fully saturated rings. The molecule has 1 N–H and O–H groups in total. The van der Waals surface area contributed by atoms with Gasteiger partial charge in [0, 0.05) is 43.3 Å². The van der Waals surface area contributed by atoms with Crippen molar-refractivity contribution in [2.24, 2.45) is 5.92 Å². The van der Waals surface area contributed by atoms with Crippen LogP contribution in [0.5, 0.6) is 0 Å². The molecule has 1 aliphatic rings. The molecular formula is C16H27N3O. The molecule has 1 atom stereocenters. The Balaban J connectivity index is 2.10. The van der Waals surface area contributed by atoms with Crippen molar-refractivity contribution < 1.29 is 4.74 Å². The van der Waals surface area contributed by atoms with E-state index in [0.717, 1.165) is 38.4 Å². The fraction of sp³-hybridized carbons (Fsp3) is 0.688. The van der Waals surface area contributed by atoms with Crippen LogP contribution in [0.3, 0.4) is 0 Å². The SMILES string of the molecule is Cc1cc(N(C)C2CCOC2)c(CNCC(C)C)cn1. The van der Waals surface area contributed by atoms with Crippen molar-refractivity contribution in [3.05, 3.63) is 23.5 Å². The Kier molecular flexibility index (Phi) is 5.38. The van der Waals surface area contributed by atoms with Crippen LogP contribution < -0.4 is 10.2 Å². The minimum atomic E-state index is 0.487. The number of hydrogen-bond acceptors (Lipinski definition) is 4. The van der Waals surface area contributed by atoms with Crippen molar-refractivity contribution in [2.75, 3.05) is 31.7 Å². The van der Waals surface area contributed by atoms with Gasteiger partial charge in [-0.05, 0) is 31.9 Å². The van der Waals surface area contributed by atoms with E-state index >= 15 is 0 Å². The highest BCUT2D eigenvalue weighted by Gasteiger charge is 2.22. The standard InChI is InChI=1S/C16H27N3O/c1-12(2)8-17-9-14-10-18-13(3)7-16(14)19(4)15-5-6-20-11-15/h7,10,12,15,17H,5-6,8-9,11H2,1-4H3. The van der Waals surface area contributed by atoms with Crippen molar-refractivity contribution in [3.63, 3.8) is 0 Å². The average Bonchev–Trinajstić information content (AvgIpc) is 2.93. The zero-order chi connectivity index (χ0) is 14.5. The van der Waals surface area contributed by atoms with E-state index in [2.05, 4.69) is 42.2 Å². The zero-order valence-electron chi connectivity index (χ0n) is 13.1. The molecule has 20 heavy (non-hydrogen) atoms. The van der Waals surface area contributed by atoms with Crippen LogP contribution in [0.2, 0.25) is 0 Å². The third-order valence-electron chi connectivity index (χ3n) is 3.80. The molecule has 0 radical (unpaired) electrons. The van der Waals surface area contributed by atoms with E-state index in [4.69, 9.17) is 4.74 Å². The van der Waals surface area contributed by atoms with Crippen molar-refractivity contribution in [3.8, 4) is 0 Å². The topological polar surface area (TPSA) is 37.4 Å². The van der Waals surface area contributed by atoms with Crippen LogP contribution in [0.4, 0.5) is 5.69 Å². The summed E-state index contributed by atoms with van der Waals surface area (Å²) in [4.78, 5) is 6.80. The van der Waals surface area contributed by atoms with Gasteiger partial charge in [0.1, 0.15) is 0 Å². The van der Waals surface area contributed by atoms with Crippen LogP contribution in [0.15, 0.2) is 12.3 Å². The number of likely N-dealkylation sites (N-methyl/N-ethyl adjacent to an activating group) is 1. The highest BCUT2D eigenvalue weighted by molar-refractivity contribution is 5.54. The number of aryl methyl sites for hydroxylation is 1. The Morgan fingerprint density at radius 3 is 2.95 bits per heavy atom. The van der Waals surface area contributed by atoms with Crippen LogP contribution in [0, 0.1) is 12.8 Å². The molecule has 1 saturated heterocycles. The number of anilines is 1. The van der Waals surface area contributed by atoms with Gasteiger partial charge in [0.25, 0.3) is 0 Å². The Morgan fingerprint density at radius 1 is 1.50 bits per heavy atom. The predicted octanol–water partition coefficient (Wildman–Crippen LogP) is 2.36. The number of hydrogen-bond donors (Lipinski definition) is 1. The minimum Gasteiger partial charge on any atom is -0.379 e. The number of pyridine rings is 1. The predicted molar refractivity (Wildman–Crippen MR) is 83.1 cm³/mol. The third kappa shape index (κ3) is 3.93. The summed E-state index contributed by atoms with van der Waals surface area (Å²) in [5, 5.41) is 3.51. The highest BCUT2D eigenvalue weighted by Crippen LogP contribution is 2.24.